The summed E-state index contributed by atoms with van der Waals surface area (Å²) in [6, 6.07) is 13.2. The summed E-state index contributed by atoms with van der Waals surface area (Å²) in [5.41, 5.74) is 2.23. The third kappa shape index (κ3) is 4.47. The number of nitrogens with zero attached hydrogens (tertiary/aromatic N) is 1. The molecule has 2 N–H and O–H groups in total. The molecule has 0 spiro atoms. The number of carbonyl (C=O) groups excluding carboxylic acids is 2. The van der Waals surface area contributed by atoms with Gasteiger partial charge in [-0.1, -0.05) is 41.4 Å². The number of urea groups is 1. The van der Waals surface area contributed by atoms with Crippen LogP contribution in [0.15, 0.2) is 54.6 Å². The van der Waals surface area contributed by atoms with Crippen LogP contribution in [0.4, 0.5) is 15.0 Å². The molecular weight excluding hydrogens is 404 g/mol. The average Bonchev–Trinajstić information content (AvgIpc) is 2.62. The molecule has 3 amide bonds. The number of hydrogen-bond donors (Lipinski definition) is 2. The Morgan fingerprint density at radius 3 is 2.21 bits per heavy atom. The maximum absolute atomic E-state index is 13.1. The van der Waals surface area contributed by atoms with Crippen LogP contribution in [0.5, 0.6) is 0 Å². The Balaban J connectivity index is 1.71. The first-order valence-electron chi connectivity index (χ1n) is 8.15. The van der Waals surface area contributed by atoms with Gasteiger partial charge < -0.3 is 0 Å². The molecule has 0 radical (unpaired) electrons. The van der Waals surface area contributed by atoms with Gasteiger partial charge in [0, 0.05) is 11.3 Å². The van der Waals surface area contributed by atoms with Crippen molar-refractivity contribution in [3.05, 3.63) is 81.7 Å². The van der Waals surface area contributed by atoms with E-state index < -0.39 is 11.9 Å². The standard InChI is InChI=1S/C20H14Cl2FN3O2/c1-11-14(12-5-7-13(23)8-6-12)9-10-17(24-11)25-20(28)26-19(27)18-15(21)3-2-4-16(18)22/h2-10H,1H3,(H2,24,25,26,27,28). The van der Waals surface area contributed by atoms with Crippen molar-refractivity contribution in [2.45, 2.75) is 6.92 Å². The van der Waals surface area contributed by atoms with E-state index in [-0.39, 0.29) is 27.2 Å². The minimum atomic E-state index is -0.776. The maximum Gasteiger partial charge on any atom is 0.327 e. The highest BCUT2D eigenvalue weighted by atomic mass is 35.5. The molecular formula is C20H14Cl2FN3O2. The molecule has 0 aliphatic heterocycles. The van der Waals surface area contributed by atoms with Crippen LogP contribution in [-0.2, 0) is 0 Å². The van der Waals surface area contributed by atoms with Crippen molar-refractivity contribution >= 4 is 41.0 Å². The van der Waals surface area contributed by atoms with E-state index in [1.165, 1.54) is 24.3 Å². The fourth-order valence-electron chi connectivity index (χ4n) is 2.59. The van der Waals surface area contributed by atoms with Crippen molar-refractivity contribution in [3.63, 3.8) is 0 Å². The lowest BCUT2D eigenvalue weighted by Gasteiger charge is -2.11. The van der Waals surface area contributed by atoms with Crippen LogP contribution in [0.3, 0.4) is 0 Å². The van der Waals surface area contributed by atoms with Gasteiger partial charge in [-0.05, 0) is 48.9 Å². The first-order chi connectivity index (χ1) is 13.3. The van der Waals surface area contributed by atoms with Crippen LogP contribution in [0.25, 0.3) is 11.1 Å². The van der Waals surface area contributed by atoms with Crippen LogP contribution in [0.2, 0.25) is 10.0 Å². The van der Waals surface area contributed by atoms with E-state index in [1.807, 2.05) is 0 Å². The van der Waals surface area contributed by atoms with Gasteiger partial charge in [0.2, 0.25) is 0 Å². The fraction of sp³-hybridized carbons (Fsp3) is 0.0500. The highest BCUT2D eigenvalue weighted by molar-refractivity contribution is 6.40. The van der Waals surface area contributed by atoms with E-state index >= 15 is 0 Å². The number of aromatic nitrogens is 1. The van der Waals surface area contributed by atoms with E-state index in [4.69, 9.17) is 23.2 Å². The smallest absolute Gasteiger partial charge is 0.292 e. The molecule has 28 heavy (non-hydrogen) atoms. The maximum atomic E-state index is 13.1. The van der Waals surface area contributed by atoms with Crippen LogP contribution < -0.4 is 10.6 Å². The summed E-state index contributed by atoms with van der Waals surface area (Å²) >= 11 is 11.9. The number of hydrogen-bond acceptors (Lipinski definition) is 3. The topological polar surface area (TPSA) is 71.1 Å². The zero-order chi connectivity index (χ0) is 20.3. The number of aryl methyl sites for hydroxylation is 1. The van der Waals surface area contributed by atoms with Gasteiger partial charge in [0.25, 0.3) is 5.91 Å². The second-order valence-electron chi connectivity index (χ2n) is 5.84. The van der Waals surface area contributed by atoms with Gasteiger partial charge in [-0.15, -0.1) is 0 Å². The van der Waals surface area contributed by atoms with Crippen molar-refractivity contribution in [1.82, 2.24) is 10.3 Å². The summed E-state index contributed by atoms with van der Waals surface area (Å²) in [4.78, 5) is 28.6. The predicted molar refractivity (Wildman–Crippen MR) is 107 cm³/mol. The molecule has 2 aromatic carbocycles. The number of anilines is 1. The third-order valence-corrected chi connectivity index (χ3v) is 4.53. The quantitative estimate of drug-likeness (QED) is 0.593. The lowest BCUT2D eigenvalue weighted by molar-refractivity contribution is 0.0967. The van der Waals surface area contributed by atoms with Crippen molar-refractivity contribution in [2.24, 2.45) is 0 Å². The number of halogens is 3. The number of imide groups is 1. The van der Waals surface area contributed by atoms with Gasteiger partial charge in [0.05, 0.1) is 15.6 Å². The summed E-state index contributed by atoms with van der Waals surface area (Å²) in [5.74, 6) is -0.806. The fourth-order valence-corrected chi connectivity index (χ4v) is 3.16. The van der Waals surface area contributed by atoms with Gasteiger partial charge in [0.1, 0.15) is 11.6 Å². The number of carbonyl (C=O) groups is 2. The third-order valence-electron chi connectivity index (χ3n) is 3.90. The van der Waals surface area contributed by atoms with Crippen molar-refractivity contribution in [2.75, 3.05) is 5.32 Å². The van der Waals surface area contributed by atoms with Crippen LogP contribution in [0, 0.1) is 12.7 Å². The van der Waals surface area contributed by atoms with Gasteiger partial charge in [-0.25, -0.2) is 14.2 Å². The van der Waals surface area contributed by atoms with E-state index in [0.29, 0.717) is 5.69 Å². The Hall–Kier alpha value is -2.96. The zero-order valence-electron chi connectivity index (χ0n) is 14.6. The minimum Gasteiger partial charge on any atom is -0.292 e. The lowest BCUT2D eigenvalue weighted by Crippen LogP contribution is -2.35. The van der Waals surface area contributed by atoms with E-state index in [9.17, 15) is 14.0 Å². The molecule has 0 aliphatic carbocycles. The first-order valence-corrected chi connectivity index (χ1v) is 8.90. The Bertz CT molecular complexity index is 1040. The number of rotatable bonds is 3. The van der Waals surface area contributed by atoms with Gasteiger partial charge in [-0.3, -0.25) is 15.4 Å². The summed E-state index contributed by atoms with van der Waals surface area (Å²) < 4.78 is 13.1. The SMILES string of the molecule is Cc1nc(NC(=O)NC(=O)c2c(Cl)cccc2Cl)ccc1-c1ccc(F)cc1. The largest absolute Gasteiger partial charge is 0.327 e. The Labute approximate surface area is 170 Å². The molecule has 0 aliphatic rings. The van der Waals surface area contributed by atoms with Crippen LogP contribution in [-0.4, -0.2) is 16.9 Å². The predicted octanol–water partition coefficient (Wildman–Crippen LogP) is 5.46. The van der Waals surface area contributed by atoms with Crippen LogP contribution in [0.1, 0.15) is 16.1 Å². The number of amides is 3. The molecule has 1 aromatic heterocycles. The second kappa shape index (κ2) is 8.37. The second-order valence-corrected chi connectivity index (χ2v) is 6.66. The first kappa shape index (κ1) is 19.8. The minimum absolute atomic E-state index is 0.0109. The number of nitrogens with one attached hydrogen (secondary N) is 2. The molecule has 5 nitrogen and oxygen atoms in total. The average molecular weight is 418 g/mol. The summed E-state index contributed by atoms with van der Waals surface area (Å²) in [5, 5.41) is 4.91. The number of pyridine rings is 1. The highest BCUT2D eigenvalue weighted by Crippen LogP contribution is 2.25. The summed E-state index contributed by atoms with van der Waals surface area (Å²) in [6.07, 6.45) is 0. The molecule has 3 aromatic rings. The molecule has 8 heteroatoms. The highest BCUT2D eigenvalue weighted by Gasteiger charge is 2.17. The normalized spacial score (nSPS) is 10.4. The van der Waals surface area contributed by atoms with Crippen molar-refractivity contribution in [3.8, 4) is 11.1 Å². The summed E-state index contributed by atoms with van der Waals surface area (Å²) in [7, 11) is 0. The molecule has 0 unspecified atom stereocenters. The monoisotopic (exact) mass is 417 g/mol. The van der Waals surface area contributed by atoms with Gasteiger partial charge in [0.15, 0.2) is 0 Å². The molecule has 142 valence electrons. The van der Waals surface area contributed by atoms with E-state index in [0.717, 1.165) is 11.1 Å². The summed E-state index contributed by atoms with van der Waals surface area (Å²) in [6.45, 7) is 1.76. The molecule has 0 saturated heterocycles. The van der Waals surface area contributed by atoms with E-state index in [2.05, 4.69) is 15.6 Å². The number of benzene rings is 2. The van der Waals surface area contributed by atoms with Crippen molar-refractivity contribution in [1.29, 1.82) is 0 Å². The molecule has 3 rings (SSSR count). The zero-order valence-corrected chi connectivity index (χ0v) is 16.1. The lowest BCUT2D eigenvalue weighted by atomic mass is 10.0. The van der Waals surface area contributed by atoms with E-state index in [1.54, 1.807) is 37.3 Å². The van der Waals surface area contributed by atoms with Crippen LogP contribution >= 0.6 is 23.2 Å². The van der Waals surface area contributed by atoms with Crippen molar-refractivity contribution < 1.29 is 14.0 Å². The molecule has 0 fully saturated rings. The van der Waals surface area contributed by atoms with Gasteiger partial charge in [-0.2, -0.15) is 0 Å². The molecule has 0 saturated carbocycles. The molecule has 0 bridgehead atoms. The Morgan fingerprint density at radius 2 is 1.61 bits per heavy atom. The Kier molecular flexibility index (Phi) is 5.92. The molecule has 0 atom stereocenters. The van der Waals surface area contributed by atoms with Gasteiger partial charge >= 0.3 is 6.03 Å². The Morgan fingerprint density at radius 1 is 0.964 bits per heavy atom. The molecule has 1 heterocycles.